The Balaban J connectivity index is 0. The van der Waals surface area contributed by atoms with Crippen LogP contribution in [0.1, 0.15) is 72.1 Å². The standard InChI is InChI=1S/C18H40NO2.F6P/c1-4-7-8-9-10-11-12-13-14-19(5-2,6-3)15-17-21-18-16-20;1-7(2,3,4,5)6/h20H,4-18H2,1-3H3;/q+1;-1. The van der Waals surface area contributed by atoms with Crippen LogP contribution in [-0.2, 0) is 4.74 Å². The number of unbranched alkanes of at least 4 members (excludes halogenated alkanes) is 7. The van der Waals surface area contributed by atoms with Gasteiger partial charge in [0.25, 0.3) is 0 Å². The van der Waals surface area contributed by atoms with Gasteiger partial charge in [-0.2, -0.15) is 0 Å². The third-order valence-corrected chi connectivity index (χ3v) is 4.77. The van der Waals surface area contributed by atoms with Crippen LogP contribution in [0.25, 0.3) is 0 Å². The summed E-state index contributed by atoms with van der Waals surface area (Å²) in [5, 5.41) is 8.76. The molecule has 0 atom stereocenters. The number of hydrogen-bond acceptors (Lipinski definition) is 2. The van der Waals surface area contributed by atoms with E-state index in [1.54, 1.807) is 0 Å². The zero-order chi connectivity index (χ0) is 22.2. The van der Waals surface area contributed by atoms with Crippen molar-refractivity contribution in [2.75, 3.05) is 46.0 Å². The third kappa shape index (κ3) is 28.1. The Morgan fingerprint density at radius 3 is 1.50 bits per heavy atom. The quantitative estimate of drug-likeness (QED) is 0.116. The number of aliphatic hydroxyl groups excluding tert-OH is 1. The van der Waals surface area contributed by atoms with Gasteiger partial charge in [0, 0.05) is 0 Å². The number of hydrogen-bond donors (Lipinski definition) is 1. The Morgan fingerprint density at radius 2 is 1.11 bits per heavy atom. The molecule has 0 saturated carbocycles. The minimum atomic E-state index is -10.7. The average Bonchev–Trinajstić information content (AvgIpc) is 2.56. The van der Waals surface area contributed by atoms with Gasteiger partial charge in [-0.15, -0.1) is 0 Å². The van der Waals surface area contributed by atoms with Gasteiger partial charge in [-0.05, 0) is 26.7 Å². The summed E-state index contributed by atoms with van der Waals surface area (Å²) in [6.45, 7) is 13.0. The second-order valence-corrected chi connectivity index (χ2v) is 9.11. The van der Waals surface area contributed by atoms with Gasteiger partial charge >= 0.3 is 33.0 Å². The summed E-state index contributed by atoms with van der Waals surface area (Å²) in [6, 6.07) is 0. The van der Waals surface area contributed by atoms with Gasteiger partial charge in [-0.25, -0.2) is 0 Å². The molecule has 0 heterocycles. The molecule has 0 aromatic carbocycles. The van der Waals surface area contributed by atoms with Crippen LogP contribution in [0.5, 0.6) is 0 Å². The molecule has 0 amide bonds. The Labute approximate surface area is 166 Å². The van der Waals surface area contributed by atoms with Gasteiger partial charge in [0.15, 0.2) is 0 Å². The molecule has 10 heteroatoms. The number of halogens is 6. The second kappa shape index (κ2) is 13.2. The fourth-order valence-corrected chi connectivity index (χ4v) is 2.97. The Kier molecular flexibility index (Phi) is 14.2. The van der Waals surface area contributed by atoms with Gasteiger partial charge in [-0.1, -0.05) is 45.4 Å². The normalized spacial score (nSPS) is 14.8. The van der Waals surface area contributed by atoms with Gasteiger partial charge in [0.2, 0.25) is 0 Å². The SMILES string of the molecule is CCCCCCCCCC[N+](CC)(CC)CCOCCO.F[P-](F)(F)(F)(F)F. The topological polar surface area (TPSA) is 29.5 Å². The van der Waals surface area contributed by atoms with E-state index < -0.39 is 7.81 Å². The van der Waals surface area contributed by atoms with Crippen molar-refractivity contribution in [2.45, 2.75) is 72.1 Å². The summed E-state index contributed by atoms with van der Waals surface area (Å²) in [7, 11) is -10.7. The molecule has 0 aromatic heterocycles. The molecular weight excluding hydrogens is 407 g/mol. The summed E-state index contributed by atoms with van der Waals surface area (Å²) in [4.78, 5) is 0. The summed E-state index contributed by atoms with van der Waals surface area (Å²) in [5.74, 6) is 0. The Bertz CT molecular complexity index is 363. The van der Waals surface area contributed by atoms with Crippen LogP contribution in [0.3, 0.4) is 0 Å². The molecule has 0 saturated heterocycles. The molecule has 0 aromatic rings. The maximum atomic E-state index is 9.87. The molecule has 0 rings (SSSR count). The van der Waals surface area contributed by atoms with E-state index in [4.69, 9.17) is 9.84 Å². The first kappa shape index (κ1) is 30.1. The third-order valence-electron chi connectivity index (χ3n) is 4.77. The van der Waals surface area contributed by atoms with E-state index in [1.807, 2.05) is 0 Å². The number of ether oxygens (including phenoxy) is 1. The average molecular weight is 447 g/mol. The van der Waals surface area contributed by atoms with Gasteiger partial charge in [0.05, 0.1) is 39.5 Å². The van der Waals surface area contributed by atoms with Gasteiger partial charge in [0.1, 0.15) is 6.54 Å². The summed E-state index contributed by atoms with van der Waals surface area (Å²) >= 11 is 0. The zero-order valence-electron chi connectivity index (χ0n) is 17.6. The van der Waals surface area contributed by atoms with E-state index in [9.17, 15) is 25.2 Å². The van der Waals surface area contributed by atoms with Crippen molar-refractivity contribution in [1.82, 2.24) is 0 Å². The van der Waals surface area contributed by atoms with Crippen molar-refractivity contribution in [1.29, 1.82) is 0 Å². The van der Waals surface area contributed by atoms with E-state index in [-0.39, 0.29) is 6.61 Å². The van der Waals surface area contributed by atoms with Crippen LogP contribution in [0, 0.1) is 0 Å². The predicted octanol–water partition coefficient (Wildman–Crippen LogP) is 7.38. The van der Waals surface area contributed by atoms with Crippen LogP contribution in [0.2, 0.25) is 0 Å². The molecule has 0 unspecified atom stereocenters. The molecule has 0 bridgehead atoms. The molecule has 0 radical (unpaired) electrons. The van der Waals surface area contributed by atoms with Crippen LogP contribution in [0.4, 0.5) is 25.2 Å². The van der Waals surface area contributed by atoms with E-state index >= 15 is 0 Å². The summed E-state index contributed by atoms with van der Waals surface area (Å²) in [6.07, 6.45) is 11.1. The molecule has 1 N–H and O–H groups in total. The molecule has 28 heavy (non-hydrogen) atoms. The van der Waals surface area contributed by atoms with Crippen LogP contribution < -0.4 is 0 Å². The first-order chi connectivity index (χ1) is 12.7. The number of aliphatic hydroxyl groups is 1. The zero-order valence-corrected chi connectivity index (χ0v) is 18.5. The van der Waals surface area contributed by atoms with E-state index in [0.29, 0.717) is 6.61 Å². The fraction of sp³-hybridized carbons (Fsp3) is 1.00. The van der Waals surface area contributed by atoms with Crippen LogP contribution in [-0.4, -0.2) is 55.6 Å². The fourth-order valence-electron chi connectivity index (χ4n) is 2.97. The van der Waals surface area contributed by atoms with Crippen LogP contribution in [0.15, 0.2) is 0 Å². The van der Waals surface area contributed by atoms with E-state index in [1.165, 1.54) is 75.5 Å². The summed E-state index contributed by atoms with van der Waals surface area (Å²) < 4.78 is 65.8. The molecule has 0 fully saturated rings. The van der Waals surface area contributed by atoms with Crippen molar-refractivity contribution in [2.24, 2.45) is 0 Å². The minimum absolute atomic E-state index is 0.135. The van der Waals surface area contributed by atoms with Gasteiger partial charge in [-0.3, -0.25) is 0 Å². The maximum absolute atomic E-state index is 10.7. The molecular formula is C18H40F6NO2P. The summed E-state index contributed by atoms with van der Waals surface area (Å²) in [5.41, 5.74) is 0. The number of quaternary nitrogens is 1. The number of likely N-dealkylation sites (N-methyl/N-ethyl adjacent to an activating group) is 1. The van der Waals surface area contributed by atoms with Crippen molar-refractivity contribution in [3.05, 3.63) is 0 Å². The monoisotopic (exact) mass is 447 g/mol. The van der Waals surface area contributed by atoms with Crippen molar-refractivity contribution < 1.29 is 39.5 Å². The predicted molar refractivity (Wildman–Crippen MR) is 105 cm³/mol. The van der Waals surface area contributed by atoms with E-state index in [2.05, 4.69) is 20.8 Å². The second-order valence-electron chi connectivity index (χ2n) is 7.19. The number of nitrogens with zero attached hydrogens (tertiary/aromatic N) is 1. The molecule has 0 aliphatic heterocycles. The number of rotatable bonds is 16. The van der Waals surface area contributed by atoms with E-state index in [0.717, 1.165) is 13.2 Å². The van der Waals surface area contributed by atoms with Crippen molar-refractivity contribution in [3.63, 3.8) is 0 Å². The Hall–Kier alpha value is -0.110. The molecule has 0 spiro atoms. The van der Waals surface area contributed by atoms with Crippen molar-refractivity contribution >= 4 is 7.81 Å². The first-order valence-corrected chi connectivity index (χ1v) is 12.3. The van der Waals surface area contributed by atoms with Crippen LogP contribution >= 0.6 is 7.81 Å². The molecule has 0 aliphatic rings. The van der Waals surface area contributed by atoms with Crippen molar-refractivity contribution in [3.8, 4) is 0 Å². The molecule has 0 aliphatic carbocycles. The molecule has 176 valence electrons. The molecule has 3 nitrogen and oxygen atoms in total. The first-order valence-electron chi connectivity index (χ1n) is 10.3. The van der Waals surface area contributed by atoms with Gasteiger partial charge < -0.3 is 14.3 Å². The Morgan fingerprint density at radius 1 is 0.679 bits per heavy atom.